The molecule has 5 rings (SSSR count). The van der Waals surface area contributed by atoms with Gasteiger partial charge in [-0.25, -0.2) is 4.99 Å². The van der Waals surface area contributed by atoms with Gasteiger partial charge in [-0.15, -0.1) is 11.3 Å². The van der Waals surface area contributed by atoms with Gasteiger partial charge >= 0.3 is 0 Å². The number of carbonyl (C=O) groups is 1. The summed E-state index contributed by atoms with van der Waals surface area (Å²) in [6.07, 6.45) is 11.9. The summed E-state index contributed by atoms with van der Waals surface area (Å²) in [5, 5.41) is 4.73. The average molecular weight is 507 g/mol. The number of aryl methyl sites for hydroxylation is 1. The van der Waals surface area contributed by atoms with Crippen LogP contribution in [0, 0.1) is 0 Å². The smallest absolute Gasteiger partial charge is 0.254 e. The molecule has 1 heterocycles. The van der Waals surface area contributed by atoms with Gasteiger partial charge in [-0.1, -0.05) is 61.2 Å². The van der Waals surface area contributed by atoms with E-state index in [1.54, 1.807) is 17.6 Å². The largest absolute Gasteiger partial charge is 0.488 e. The summed E-state index contributed by atoms with van der Waals surface area (Å²) in [5.41, 5.74) is 3.88. The van der Waals surface area contributed by atoms with Gasteiger partial charge in [-0.05, 0) is 67.9 Å². The molecule has 6 heteroatoms. The monoisotopic (exact) mass is 506 g/mol. The molecule has 0 saturated heterocycles. The number of benzene rings is 2. The molecule has 35 heavy (non-hydrogen) atoms. The molecule has 1 fully saturated rings. The van der Waals surface area contributed by atoms with Crippen molar-refractivity contribution in [2.75, 3.05) is 0 Å². The number of aliphatic imine (C=N–C) groups is 1. The Morgan fingerprint density at radius 1 is 1.06 bits per heavy atom. The molecule has 1 aromatic heterocycles. The minimum atomic E-state index is 0.0371. The van der Waals surface area contributed by atoms with Crippen LogP contribution in [0.2, 0.25) is 5.02 Å². The van der Waals surface area contributed by atoms with E-state index < -0.39 is 0 Å². The van der Waals surface area contributed by atoms with Crippen molar-refractivity contribution in [3.05, 3.63) is 80.7 Å². The van der Waals surface area contributed by atoms with Crippen molar-refractivity contribution in [3.8, 4) is 5.75 Å². The number of hydrogen-bond donors (Lipinski definition) is 1. The SMILES string of the molecule is O=C(NC1CCCCC1)c1c(N=Cc2cc(Cl)ccc2OCc2ccccc2)sc2c1CCCC2. The summed E-state index contributed by atoms with van der Waals surface area (Å²) in [5.74, 6) is 0.756. The Morgan fingerprint density at radius 3 is 2.69 bits per heavy atom. The molecule has 1 amide bonds. The number of ether oxygens (including phenoxy) is 1. The van der Waals surface area contributed by atoms with E-state index in [1.165, 1.54) is 36.1 Å². The first kappa shape index (κ1) is 24.1. The summed E-state index contributed by atoms with van der Waals surface area (Å²) >= 11 is 7.97. The predicted molar refractivity (Wildman–Crippen MR) is 145 cm³/mol. The number of rotatable bonds is 7. The molecule has 2 aromatic carbocycles. The van der Waals surface area contributed by atoms with E-state index in [0.29, 0.717) is 11.6 Å². The molecule has 1 N–H and O–H groups in total. The number of amides is 1. The third-order valence-corrected chi connectivity index (χ3v) is 8.28. The third-order valence-electron chi connectivity index (χ3n) is 6.85. The molecule has 4 nitrogen and oxygen atoms in total. The number of nitrogens with one attached hydrogen (secondary N) is 1. The molecule has 0 unspecified atom stereocenters. The number of halogens is 1. The second-order valence-corrected chi connectivity index (χ2v) is 10.9. The summed E-state index contributed by atoms with van der Waals surface area (Å²) in [4.78, 5) is 19.6. The van der Waals surface area contributed by atoms with Crippen molar-refractivity contribution in [2.24, 2.45) is 4.99 Å². The number of fused-ring (bicyclic) bond motifs is 1. The van der Waals surface area contributed by atoms with Crippen molar-refractivity contribution in [1.82, 2.24) is 5.32 Å². The lowest BCUT2D eigenvalue weighted by atomic mass is 9.93. The number of thiophene rings is 1. The Balaban J connectivity index is 1.41. The number of hydrogen-bond acceptors (Lipinski definition) is 4. The van der Waals surface area contributed by atoms with Gasteiger partial charge in [-0.3, -0.25) is 4.79 Å². The fraction of sp³-hybridized carbons (Fsp3) is 0.379. The first-order chi connectivity index (χ1) is 17.2. The zero-order chi connectivity index (χ0) is 24.0. The number of carbonyl (C=O) groups excluding carboxylic acids is 1. The molecule has 2 aliphatic rings. The highest BCUT2D eigenvalue weighted by Crippen LogP contribution is 2.40. The molecular formula is C29H31ClN2O2S. The molecular weight excluding hydrogens is 476 g/mol. The second-order valence-electron chi connectivity index (χ2n) is 9.41. The van der Waals surface area contributed by atoms with E-state index in [9.17, 15) is 4.79 Å². The molecule has 3 aromatic rings. The quantitative estimate of drug-likeness (QED) is 0.334. The fourth-order valence-corrected chi connectivity index (χ4v) is 6.41. The highest BCUT2D eigenvalue weighted by Gasteiger charge is 2.27. The van der Waals surface area contributed by atoms with Crippen LogP contribution in [0.5, 0.6) is 5.75 Å². The van der Waals surface area contributed by atoms with Crippen LogP contribution in [-0.4, -0.2) is 18.2 Å². The second kappa shape index (κ2) is 11.4. The van der Waals surface area contributed by atoms with E-state index in [2.05, 4.69) is 5.32 Å². The van der Waals surface area contributed by atoms with Crippen LogP contribution in [0.1, 0.15) is 76.9 Å². The fourth-order valence-electron chi connectivity index (χ4n) is 5.00. The molecule has 1 saturated carbocycles. The van der Waals surface area contributed by atoms with Crippen LogP contribution in [0.15, 0.2) is 53.5 Å². The van der Waals surface area contributed by atoms with Crippen molar-refractivity contribution in [2.45, 2.75) is 70.4 Å². The first-order valence-corrected chi connectivity index (χ1v) is 13.8. The lowest BCUT2D eigenvalue weighted by molar-refractivity contribution is 0.0927. The van der Waals surface area contributed by atoms with Gasteiger partial charge < -0.3 is 10.1 Å². The van der Waals surface area contributed by atoms with Crippen molar-refractivity contribution in [1.29, 1.82) is 0 Å². The maximum atomic E-state index is 13.4. The minimum absolute atomic E-state index is 0.0371. The molecule has 2 aliphatic carbocycles. The summed E-state index contributed by atoms with van der Waals surface area (Å²) in [7, 11) is 0. The van der Waals surface area contributed by atoms with Crippen LogP contribution >= 0.6 is 22.9 Å². The topological polar surface area (TPSA) is 50.7 Å². The van der Waals surface area contributed by atoms with Crippen LogP contribution in [0.25, 0.3) is 0 Å². The van der Waals surface area contributed by atoms with Gasteiger partial charge in [0, 0.05) is 27.7 Å². The summed E-state index contributed by atoms with van der Waals surface area (Å²) in [6, 6.07) is 15.9. The third kappa shape index (κ3) is 5.96. The summed E-state index contributed by atoms with van der Waals surface area (Å²) in [6.45, 7) is 0.464. The Morgan fingerprint density at radius 2 is 1.86 bits per heavy atom. The zero-order valence-corrected chi connectivity index (χ0v) is 21.5. The Kier molecular flexibility index (Phi) is 7.85. The lowest BCUT2D eigenvalue weighted by Gasteiger charge is -2.23. The van der Waals surface area contributed by atoms with Gasteiger partial charge in [0.05, 0.1) is 5.56 Å². The van der Waals surface area contributed by atoms with E-state index in [4.69, 9.17) is 21.3 Å². The molecule has 0 atom stereocenters. The van der Waals surface area contributed by atoms with Crippen LogP contribution < -0.4 is 10.1 Å². The van der Waals surface area contributed by atoms with Gasteiger partial charge in [0.2, 0.25) is 0 Å². The Labute approximate surface area is 216 Å². The predicted octanol–water partition coefficient (Wildman–Crippen LogP) is 7.67. The maximum Gasteiger partial charge on any atom is 0.254 e. The van der Waals surface area contributed by atoms with Crippen LogP contribution in [0.3, 0.4) is 0 Å². The molecule has 0 spiro atoms. The summed E-state index contributed by atoms with van der Waals surface area (Å²) < 4.78 is 6.10. The van der Waals surface area contributed by atoms with E-state index in [1.807, 2.05) is 48.5 Å². The van der Waals surface area contributed by atoms with Gasteiger partial charge in [0.25, 0.3) is 5.91 Å². The zero-order valence-electron chi connectivity index (χ0n) is 19.9. The standard InChI is InChI=1S/C29H31ClN2O2S/c30-22-15-16-25(34-19-20-9-3-1-4-10-20)21(17-22)18-31-29-27(24-13-7-8-14-26(24)35-29)28(33)32-23-11-5-2-6-12-23/h1,3-4,9-10,15-18,23H,2,5-8,11-14,19H2,(H,32,33). The normalized spacial score (nSPS) is 16.3. The first-order valence-electron chi connectivity index (χ1n) is 12.6. The molecule has 0 radical (unpaired) electrons. The van der Waals surface area contributed by atoms with Gasteiger partial charge in [0.1, 0.15) is 17.4 Å². The van der Waals surface area contributed by atoms with Gasteiger partial charge in [0.15, 0.2) is 0 Å². The highest BCUT2D eigenvalue weighted by atomic mass is 35.5. The Bertz CT molecular complexity index is 1200. The van der Waals surface area contributed by atoms with E-state index >= 15 is 0 Å². The van der Waals surface area contributed by atoms with Crippen LogP contribution in [-0.2, 0) is 19.4 Å². The van der Waals surface area contributed by atoms with Gasteiger partial charge in [-0.2, -0.15) is 0 Å². The molecule has 0 aliphatic heterocycles. The lowest BCUT2D eigenvalue weighted by Crippen LogP contribution is -2.36. The number of nitrogens with zero attached hydrogens (tertiary/aromatic N) is 1. The van der Waals surface area contributed by atoms with Crippen molar-refractivity contribution < 1.29 is 9.53 Å². The van der Waals surface area contributed by atoms with Crippen molar-refractivity contribution in [3.63, 3.8) is 0 Å². The van der Waals surface area contributed by atoms with Crippen LogP contribution in [0.4, 0.5) is 5.00 Å². The molecule has 0 bridgehead atoms. The van der Waals surface area contributed by atoms with E-state index in [0.717, 1.165) is 59.5 Å². The average Bonchev–Trinajstić information content (AvgIpc) is 3.26. The van der Waals surface area contributed by atoms with E-state index in [-0.39, 0.29) is 11.9 Å². The van der Waals surface area contributed by atoms with Crippen molar-refractivity contribution >= 4 is 40.1 Å². The maximum absolute atomic E-state index is 13.4. The highest BCUT2D eigenvalue weighted by molar-refractivity contribution is 7.16. The molecule has 182 valence electrons. The minimum Gasteiger partial charge on any atom is -0.488 e. The Hall–Kier alpha value is -2.63.